The molecule has 1 heterocycles. The van der Waals surface area contributed by atoms with Gasteiger partial charge in [0, 0.05) is 21.3 Å². The second-order valence-corrected chi connectivity index (χ2v) is 6.41. The van der Waals surface area contributed by atoms with Gasteiger partial charge >= 0.3 is 0 Å². The number of hydrogen-bond acceptors (Lipinski definition) is 3. The number of rotatable bonds is 6. The first kappa shape index (κ1) is 16.0. The summed E-state index contributed by atoms with van der Waals surface area (Å²) >= 11 is 4.93. The molecule has 1 aromatic carbocycles. The van der Waals surface area contributed by atoms with Crippen LogP contribution < -0.4 is 10.6 Å². The largest absolute Gasteiger partial charge is 0.382 e. The zero-order valence-electron chi connectivity index (χ0n) is 11.6. The van der Waals surface area contributed by atoms with Crippen molar-refractivity contribution in [1.29, 1.82) is 0 Å². The van der Waals surface area contributed by atoms with E-state index in [4.69, 9.17) is 0 Å². The lowest BCUT2D eigenvalue weighted by Crippen LogP contribution is -2.24. The molecule has 0 atom stereocenters. The molecule has 0 saturated heterocycles. The SMILES string of the molecule is CCCNc1c(F)cccc1C(=O)NCc1cc(Br)cs1. The summed E-state index contributed by atoms with van der Waals surface area (Å²) in [6.07, 6.45) is 0.860. The molecule has 0 fully saturated rings. The van der Waals surface area contributed by atoms with E-state index in [-0.39, 0.29) is 11.6 Å². The maximum atomic E-state index is 13.9. The zero-order valence-corrected chi connectivity index (χ0v) is 14.0. The highest BCUT2D eigenvalue weighted by Gasteiger charge is 2.14. The van der Waals surface area contributed by atoms with Crippen molar-refractivity contribution in [1.82, 2.24) is 5.32 Å². The quantitative estimate of drug-likeness (QED) is 0.790. The van der Waals surface area contributed by atoms with E-state index in [0.29, 0.717) is 18.7 Å². The van der Waals surface area contributed by atoms with Crippen molar-refractivity contribution in [2.45, 2.75) is 19.9 Å². The lowest BCUT2D eigenvalue weighted by atomic mass is 10.1. The van der Waals surface area contributed by atoms with Gasteiger partial charge in [0.15, 0.2) is 0 Å². The molecule has 1 aromatic heterocycles. The van der Waals surface area contributed by atoms with Gasteiger partial charge in [-0.25, -0.2) is 4.39 Å². The summed E-state index contributed by atoms with van der Waals surface area (Å²) in [6.45, 7) is 3.04. The first-order chi connectivity index (χ1) is 10.1. The molecule has 6 heteroatoms. The van der Waals surface area contributed by atoms with Gasteiger partial charge < -0.3 is 10.6 Å². The number of amides is 1. The van der Waals surface area contributed by atoms with E-state index in [0.717, 1.165) is 15.8 Å². The van der Waals surface area contributed by atoms with Crippen molar-refractivity contribution < 1.29 is 9.18 Å². The molecule has 21 heavy (non-hydrogen) atoms. The Hall–Kier alpha value is -1.40. The second-order valence-electron chi connectivity index (χ2n) is 4.50. The van der Waals surface area contributed by atoms with Crippen LogP contribution in [0.15, 0.2) is 34.1 Å². The van der Waals surface area contributed by atoms with E-state index < -0.39 is 5.82 Å². The number of carbonyl (C=O) groups is 1. The van der Waals surface area contributed by atoms with E-state index >= 15 is 0 Å². The zero-order chi connectivity index (χ0) is 15.2. The van der Waals surface area contributed by atoms with Gasteiger partial charge in [-0.05, 0) is 40.5 Å². The fraction of sp³-hybridized carbons (Fsp3) is 0.267. The molecule has 0 bridgehead atoms. The lowest BCUT2D eigenvalue weighted by molar-refractivity contribution is 0.0951. The average molecular weight is 371 g/mol. The van der Waals surface area contributed by atoms with Crippen LogP contribution in [0.4, 0.5) is 10.1 Å². The van der Waals surface area contributed by atoms with Crippen molar-refractivity contribution in [2.75, 3.05) is 11.9 Å². The summed E-state index contributed by atoms with van der Waals surface area (Å²) in [7, 11) is 0. The molecule has 0 aliphatic carbocycles. The van der Waals surface area contributed by atoms with Crippen LogP contribution in [-0.2, 0) is 6.54 Å². The van der Waals surface area contributed by atoms with Crippen LogP contribution in [0.1, 0.15) is 28.6 Å². The minimum absolute atomic E-state index is 0.268. The maximum absolute atomic E-state index is 13.9. The number of para-hydroxylation sites is 1. The summed E-state index contributed by atoms with van der Waals surface area (Å²) in [5.41, 5.74) is 0.600. The van der Waals surface area contributed by atoms with Gasteiger partial charge in [0.25, 0.3) is 5.91 Å². The molecule has 0 unspecified atom stereocenters. The van der Waals surface area contributed by atoms with Crippen LogP contribution in [0.25, 0.3) is 0 Å². The predicted octanol–water partition coefficient (Wildman–Crippen LogP) is 4.40. The molecule has 3 nitrogen and oxygen atoms in total. The maximum Gasteiger partial charge on any atom is 0.253 e. The highest BCUT2D eigenvalue weighted by atomic mass is 79.9. The van der Waals surface area contributed by atoms with E-state index in [2.05, 4.69) is 26.6 Å². The third-order valence-electron chi connectivity index (χ3n) is 2.85. The first-order valence-electron chi connectivity index (χ1n) is 6.65. The molecule has 0 aliphatic heterocycles. The molecular weight excluding hydrogens is 355 g/mol. The Morgan fingerprint density at radius 2 is 2.24 bits per heavy atom. The molecule has 112 valence electrons. The van der Waals surface area contributed by atoms with Crippen LogP contribution in [0.5, 0.6) is 0 Å². The topological polar surface area (TPSA) is 41.1 Å². The number of benzene rings is 1. The monoisotopic (exact) mass is 370 g/mol. The summed E-state index contributed by atoms with van der Waals surface area (Å²) < 4.78 is 14.8. The number of hydrogen-bond donors (Lipinski definition) is 2. The van der Waals surface area contributed by atoms with E-state index in [1.165, 1.54) is 6.07 Å². The van der Waals surface area contributed by atoms with Crippen LogP contribution in [0.3, 0.4) is 0 Å². The number of thiophene rings is 1. The molecule has 0 saturated carbocycles. The number of carbonyl (C=O) groups excluding carboxylic acids is 1. The first-order valence-corrected chi connectivity index (χ1v) is 8.32. The number of halogens is 2. The van der Waals surface area contributed by atoms with Gasteiger partial charge in [0.2, 0.25) is 0 Å². The third kappa shape index (κ3) is 4.28. The summed E-state index contributed by atoms with van der Waals surface area (Å²) in [5, 5.41) is 7.75. The third-order valence-corrected chi connectivity index (χ3v) is 4.55. The van der Waals surface area contributed by atoms with Gasteiger partial charge in [-0.2, -0.15) is 0 Å². The van der Waals surface area contributed by atoms with Crippen LogP contribution >= 0.6 is 27.3 Å². The van der Waals surface area contributed by atoms with Crippen molar-refractivity contribution >= 4 is 38.9 Å². The van der Waals surface area contributed by atoms with Gasteiger partial charge in [-0.1, -0.05) is 13.0 Å². The van der Waals surface area contributed by atoms with Crippen molar-refractivity contribution in [3.8, 4) is 0 Å². The highest BCUT2D eigenvalue weighted by Crippen LogP contribution is 2.21. The number of nitrogens with one attached hydrogen (secondary N) is 2. The van der Waals surface area contributed by atoms with Crippen LogP contribution in [0.2, 0.25) is 0 Å². The highest BCUT2D eigenvalue weighted by molar-refractivity contribution is 9.10. The van der Waals surface area contributed by atoms with Gasteiger partial charge in [-0.3, -0.25) is 4.79 Å². The summed E-state index contributed by atoms with van der Waals surface area (Å²) in [6, 6.07) is 6.47. The lowest BCUT2D eigenvalue weighted by Gasteiger charge is -2.12. The van der Waals surface area contributed by atoms with Crippen molar-refractivity contribution in [3.05, 3.63) is 50.4 Å². The Labute approximate surface area is 135 Å². The fourth-order valence-corrected chi connectivity index (χ4v) is 3.24. The molecule has 0 radical (unpaired) electrons. The molecule has 2 rings (SSSR count). The van der Waals surface area contributed by atoms with E-state index in [9.17, 15) is 9.18 Å². The Bertz CT molecular complexity index is 630. The molecule has 2 aromatic rings. The standard InChI is InChI=1S/C15H16BrFN2OS/c1-2-6-18-14-12(4-3-5-13(14)17)15(20)19-8-11-7-10(16)9-21-11/h3-5,7,9,18H,2,6,8H2,1H3,(H,19,20). The fourth-order valence-electron chi connectivity index (χ4n) is 1.85. The minimum Gasteiger partial charge on any atom is -0.382 e. The van der Waals surface area contributed by atoms with Crippen molar-refractivity contribution in [3.63, 3.8) is 0 Å². The van der Waals surface area contributed by atoms with Gasteiger partial charge in [0.1, 0.15) is 5.82 Å². The van der Waals surface area contributed by atoms with Crippen LogP contribution in [-0.4, -0.2) is 12.5 Å². The number of anilines is 1. The molecule has 2 N–H and O–H groups in total. The molecule has 1 amide bonds. The Kier molecular flexibility index (Phi) is 5.76. The Morgan fingerprint density at radius 3 is 2.90 bits per heavy atom. The Morgan fingerprint density at radius 1 is 1.43 bits per heavy atom. The normalized spacial score (nSPS) is 10.4. The smallest absolute Gasteiger partial charge is 0.253 e. The average Bonchev–Trinajstić information content (AvgIpc) is 2.89. The van der Waals surface area contributed by atoms with Gasteiger partial charge in [-0.15, -0.1) is 11.3 Å². The summed E-state index contributed by atoms with van der Waals surface area (Å²) in [5.74, 6) is -0.687. The van der Waals surface area contributed by atoms with E-state index in [1.807, 2.05) is 18.4 Å². The molecular formula is C15H16BrFN2OS. The summed E-state index contributed by atoms with van der Waals surface area (Å²) in [4.78, 5) is 13.3. The van der Waals surface area contributed by atoms with E-state index in [1.54, 1.807) is 23.5 Å². The molecule has 0 spiro atoms. The Balaban J connectivity index is 2.09. The minimum atomic E-state index is -0.407. The van der Waals surface area contributed by atoms with Crippen LogP contribution in [0, 0.1) is 5.82 Å². The second kappa shape index (κ2) is 7.56. The van der Waals surface area contributed by atoms with Crippen molar-refractivity contribution in [2.24, 2.45) is 0 Å². The predicted molar refractivity (Wildman–Crippen MR) is 88.4 cm³/mol. The van der Waals surface area contributed by atoms with Gasteiger partial charge in [0.05, 0.1) is 17.8 Å². The molecule has 0 aliphatic rings.